The predicted molar refractivity (Wildman–Crippen MR) is 68.2 cm³/mol. The molecule has 2 N–H and O–H groups in total. The van der Waals surface area contributed by atoms with Crippen molar-refractivity contribution in [2.75, 3.05) is 29.9 Å². The van der Waals surface area contributed by atoms with Crippen molar-refractivity contribution in [1.29, 1.82) is 0 Å². The first-order chi connectivity index (χ1) is 8.20. The minimum absolute atomic E-state index is 0.241. The topological polar surface area (TPSA) is 61.3 Å². The molecule has 94 valence electrons. The summed E-state index contributed by atoms with van der Waals surface area (Å²) in [6.45, 7) is 6.53. The van der Waals surface area contributed by atoms with E-state index in [1.165, 1.54) is 0 Å². The molecule has 2 unspecified atom stereocenters. The summed E-state index contributed by atoms with van der Waals surface area (Å²) in [7, 11) is 0. The fourth-order valence-electron chi connectivity index (χ4n) is 2.16. The summed E-state index contributed by atoms with van der Waals surface area (Å²) in [5, 5.41) is 12.7. The van der Waals surface area contributed by atoms with E-state index in [-0.39, 0.29) is 6.10 Å². The van der Waals surface area contributed by atoms with Crippen LogP contribution in [0.5, 0.6) is 0 Å². The van der Waals surface area contributed by atoms with E-state index in [2.05, 4.69) is 20.2 Å². The van der Waals surface area contributed by atoms with Gasteiger partial charge in [0.15, 0.2) is 0 Å². The number of nitrogens with zero attached hydrogens (tertiary/aromatic N) is 3. The lowest BCUT2D eigenvalue weighted by Crippen LogP contribution is -2.24. The highest BCUT2D eigenvalue weighted by molar-refractivity contribution is 5.43. The molecular formula is C12H20N4O. The van der Waals surface area contributed by atoms with Crippen LogP contribution in [0.3, 0.4) is 0 Å². The molecule has 1 saturated heterocycles. The minimum atomic E-state index is -0.241. The quantitative estimate of drug-likeness (QED) is 0.820. The number of hydrogen-bond acceptors (Lipinski definition) is 5. The third kappa shape index (κ3) is 2.85. The van der Waals surface area contributed by atoms with E-state index < -0.39 is 0 Å². The van der Waals surface area contributed by atoms with Crippen LogP contribution in [0.1, 0.15) is 20.3 Å². The largest absolute Gasteiger partial charge is 0.393 e. The van der Waals surface area contributed by atoms with Gasteiger partial charge in [-0.05, 0) is 26.3 Å². The second kappa shape index (κ2) is 5.31. The SMILES string of the molecule is CCNc1nccc(N2CCC(C(C)O)C2)n1. The van der Waals surface area contributed by atoms with Crippen molar-refractivity contribution < 1.29 is 5.11 Å². The van der Waals surface area contributed by atoms with E-state index in [0.29, 0.717) is 11.9 Å². The summed E-state index contributed by atoms with van der Waals surface area (Å²) in [5.74, 6) is 1.97. The van der Waals surface area contributed by atoms with E-state index in [4.69, 9.17) is 0 Å². The summed E-state index contributed by atoms with van der Waals surface area (Å²) < 4.78 is 0. The molecular weight excluding hydrogens is 216 g/mol. The molecule has 1 aliphatic heterocycles. The van der Waals surface area contributed by atoms with Crippen LogP contribution in [0.15, 0.2) is 12.3 Å². The van der Waals surface area contributed by atoms with Crippen molar-refractivity contribution >= 4 is 11.8 Å². The molecule has 5 heteroatoms. The minimum Gasteiger partial charge on any atom is -0.393 e. The molecule has 0 amide bonds. The van der Waals surface area contributed by atoms with Crippen LogP contribution < -0.4 is 10.2 Å². The first kappa shape index (κ1) is 12.1. The lowest BCUT2D eigenvalue weighted by atomic mass is 10.0. The van der Waals surface area contributed by atoms with Gasteiger partial charge in [0.05, 0.1) is 6.10 Å². The van der Waals surface area contributed by atoms with Crippen LogP contribution >= 0.6 is 0 Å². The van der Waals surface area contributed by atoms with Crippen molar-refractivity contribution in [1.82, 2.24) is 9.97 Å². The summed E-state index contributed by atoms with van der Waals surface area (Å²) in [6, 6.07) is 1.92. The van der Waals surface area contributed by atoms with E-state index in [0.717, 1.165) is 31.9 Å². The maximum Gasteiger partial charge on any atom is 0.224 e. The Morgan fingerprint density at radius 2 is 2.47 bits per heavy atom. The molecule has 2 heterocycles. The number of nitrogens with one attached hydrogen (secondary N) is 1. The van der Waals surface area contributed by atoms with Crippen LogP contribution in [0, 0.1) is 5.92 Å². The predicted octanol–water partition coefficient (Wildman–Crippen LogP) is 1.12. The number of aliphatic hydroxyl groups is 1. The molecule has 0 spiro atoms. The van der Waals surface area contributed by atoms with E-state index in [1.54, 1.807) is 6.20 Å². The normalized spacial score (nSPS) is 21.6. The molecule has 5 nitrogen and oxygen atoms in total. The van der Waals surface area contributed by atoms with Gasteiger partial charge in [0.1, 0.15) is 5.82 Å². The maximum atomic E-state index is 9.58. The fourth-order valence-corrected chi connectivity index (χ4v) is 2.16. The first-order valence-corrected chi connectivity index (χ1v) is 6.20. The van der Waals surface area contributed by atoms with Gasteiger partial charge in [0, 0.05) is 31.7 Å². The van der Waals surface area contributed by atoms with Gasteiger partial charge in [0.25, 0.3) is 0 Å². The zero-order valence-electron chi connectivity index (χ0n) is 10.4. The van der Waals surface area contributed by atoms with Crippen molar-refractivity contribution in [2.45, 2.75) is 26.4 Å². The molecule has 0 radical (unpaired) electrons. The van der Waals surface area contributed by atoms with Crippen LogP contribution in [-0.4, -0.2) is 40.8 Å². The lowest BCUT2D eigenvalue weighted by molar-refractivity contribution is 0.136. The Balaban J connectivity index is 2.05. The average Bonchev–Trinajstić information content (AvgIpc) is 2.79. The Morgan fingerprint density at radius 3 is 3.12 bits per heavy atom. The van der Waals surface area contributed by atoms with Gasteiger partial charge in [-0.2, -0.15) is 4.98 Å². The number of rotatable bonds is 4. The Kier molecular flexibility index (Phi) is 3.78. The molecule has 0 bridgehead atoms. The number of aliphatic hydroxyl groups excluding tert-OH is 1. The highest BCUT2D eigenvalue weighted by atomic mass is 16.3. The van der Waals surface area contributed by atoms with Crippen LogP contribution in [0.25, 0.3) is 0 Å². The molecule has 1 aromatic rings. The molecule has 1 aromatic heterocycles. The van der Waals surface area contributed by atoms with Crippen molar-refractivity contribution in [2.24, 2.45) is 5.92 Å². The van der Waals surface area contributed by atoms with Gasteiger partial charge in [-0.15, -0.1) is 0 Å². The van der Waals surface area contributed by atoms with Gasteiger partial charge in [-0.3, -0.25) is 0 Å². The Hall–Kier alpha value is -1.36. The molecule has 17 heavy (non-hydrogen) atoms. The zero-order valence-corrected chi connectivity index (χ0v) is 10.4. The number of anilines is 2. The lowest BCUT2D eigenvalue weighted by Gasteiger charge is -2.18. The van der Waals surface area contributed by atoms with Crippen LogP contribution in [-0.2, 0) is 0 Å². The zero-order chi connectivity index (χ0) is 12.3. The molecule has 0 aliphatic carbocycles. The first-order valence-electron chi connectivity index (χ1n) is 6.20. The molecule has 0 saturated carbocycles. The van der Waals surface area contributed by atoms with Crippen molar-refractivity contribution in [3.8, 4) is 0 Å². The van der Waals surface area contributed by atoms with Gasteiger partial charge >= 0.3 is 0 Å². The van der Waals surface area contributed by atoms with Crippen molar-refractivity contribution in [3.05, 3.63) is 12.3 Å². The van der Waals surface area contributed by atoms with Crippen LogP contribution in [0.4, 0.5) is 11.8 Å². The smallest absolute Gasteiger partial charge is 0.224 e. The summed E-state index contributed by atoms with van der Waals surface area (Å²) in [5.41, 5.74) is 0. The summed E-state index contributed by atoms with van der Waals surface area (Å²) in [6.07, 6.45) is 2.56. The fraction of sp³-hybridized carbons (Fsp3) is 0.667. The second-order valence-electron chi connectivity index (χ2n) is 4.50. The Labute approximate surface area is 102 Å². The van der Waals surface area contributed by atoms with Gasteiger partial charge in [-0.1, -0.05) is 0 Å². The third-order valence-electron chi connectivity index (χ3n) is 3.21. The van der Waals surface area contributed by atoms with Crippen molar-refractivity contribution in [3.63, 3.8) is 0 Å². The second-order valence-corrected chi connectivity index (χ2v) is 4.50. The summed E-state index contributed by atoms with van der Waals surface area (Å²) in [4.78, 5) is 10.8. The average molecular weight is 236 g/mol. The molecule has 1 aliphatic rings. The number of hydrogen-bond donors (Lipinski definition) is 2. The molecule has 2 rings (SSSR count). The van der Waals surface area contributed by atoms with Gasteiger partial charge in [0.2, 0.25) is 5.95 Å². The molecule has 2 atom stereocenters. The Bertz CT molecular complexity index is 369. The number of aromatic nitrogens is 2. The van der Waals surface area contributed by atoms with E-state index >= 15 is 0 Å². The third-order valence-corrected chi connectivity index (χ3v) is 3.21. The highest BCUT2D eigenvalue weighted by Crippen LogP contribution is 2.24. The van der Waals surface area contributed by atoms with Gasteiger partial charge in [-0.25, -0.2) is 4.98 Å². The van der Waals surface area contributed by atoms with Crippen LogP contribution in [0.2, 0.25) is 0 Å². The highest BCUT2D eigenvalue weighted by Gasteiger charge is 2.26. The summed E-state index contributed by atoms with van der Waals surface area (Å²) >= 11 is 0. The monoisotopic (exact) mass is 236 g/mol. The van der Waals surface area contributed by atoms with E-state index in [9.17, 15) is 5.11 Å². The van der Waals surface area contributed by atoms with E-state index in [1.807, 2.05) is 19.9 Å². The standard InChI is InChI=1S/C12H20N4O/c1-3-13-12-14-6-4-11(15-12)16-7-5-10(8-16)9(2)17/h4,6,9-10,17H,3,5,7-8H2,1-2H3,(H,13,14,15). The van der Waals surface area contributed by atoms with Gasteiger partial charge < -0.3 is 15.3 Å². The maximum absolute atomic E-state index is 9.58. The molecule has 0 aromatic carbocycles. The Morgan fingerprint density at radius 1 is 1.65 bits per heavy atom. The molecule has 1 fully saturated rings.